The van der Waals surface area contributed by atoms with Gasteiger partial charge in [-0.15, -0.1) is 11.6 Å². The summed E-state index contributed by atoms with van der Waals surface area (Å²) in [6.45, 7) is 0.918. The second kappa shape index (κ2) is 4.49. The van der Waals surface area contributed by atoms with Gasteiger partial charge in [0, 0.05) is 23.5 Å². The van der Waals surface area contributed by atoms with Crippen LogP contribution in [0.15, 0.2) is 30.5 Å². The van der Waals surface area contributed by atoms with Crippen LogP contribution in [0, 0.1) is 5.92 Å². The maximum Gasteiger partial charge on any atom is 0.223 e. The van der Waals surface area contributed by atoms with E-state index in [1.165, 1.54) is 0 Å². The van der Waals surface area contributed by atoms with Crippen LogP contribution in [-0.4, -0.2) is 21.9 Å². The molecule has 17 heavy (non-hydrogen) atoms. The van der Waals surface area contributed by atoms with Crippen molar-refractivity contribution in [1.82, 2.24) is 9.97 Å². The molecule has 2 aromatic rings. The lowest BCUT2D eigenvalue weighted by atomic mass is 9.85. The first kappa shape index (κ1) is 10.8. The number of hydrogen-bond acceptors (Lipinski definition) is 3. The zero-order valence-corrected chi connectivity index (χ0v) is 10.2. The quantitative estimate of drug-likeness (QED) is 0.848. The molecule has 0 saturated heterocycles. The van der Waals surface area contributed by atoms with Gasteiger partial charge in [-0.05, 0) is 24.8 Å². The number of hydrogen-bond donors (Lipinski definition) is 1. The smallest absolute Gasteiger partial charge is 0.223 e. The summed E-state index contributed by atoms with van der Waals surface area (Å²) in [5, 5.41) is 4.72. The van der Waals surface area contributed by atoms with Gasteiger partial charge in [0.15, 0.2) is 0 Å². The maximum atomic E-state index is 5.94. The summed E-state index contributed by atoms with van der Waals surface area (Å²) in [6.07, 6.45) is 4.06. The molecular weight excluding hydrogens is 234 g/mol. The lowest BCUT2D eigenvalue weighted by Gasteiger charge is -2.30. The molecule has 3 nitrogen and oxygen atoms in total. The molecule has 0 amide bonds. The minimum Gasteiger partial charge on any atom is -0.354 e. The number of halogens is 1. The van der Waals surface area contributed by atoms with Crippen LogP contribution in [0.25, 0.3) is 10.9 Å². The van der Waals surface area contributed by atoms with Crippen molar-refractivity contribution >= 4 is 28.5 Å². The van der Waals surface area contributed by atoms with E-state index >= 15 is 0 Å². The Balaban J connectivity index is 1.68. The molecule has 3 rings (SSSR count). The second-order valence-corrected chi connectivity index (χ2v) is 5.19. The van der Waals surface area contributed by atoms with Gasteiger partial charge in [0.2, 0.25) is 5.95 Å². The molecule has 0 atom stereocenters. The van der Waals surface area contributed by atoms with Crippen LogP contribution >= 0.6 is 11.6 Å². The molecule has 1 N–H and O–H groups in total. The van der Waals surface area contributed by atoms with Gasteiger partial charge in [0.25, 0.3) is 0 Å². The number of alkyl halides is 1. The Kier molecular flexibility index (Phi) is 2.85. The normalized spacial score (nSPS) is 23.4. The average molecular weight is 248 g/mol. The Hall–Kier alpha value is -1.35. The minimum atomic E-state index is 0.374. The molecule has 0 bridgehead atoms. The highest BCUT2D eigenvalue weighted by atomic mass is 35.5. The van der Waals surface area contributed by atoms with Crippen molar-refractivity contribution in [2.45, 2.75) is 18.2 Å². The maximum absolute atomic E-state index is 5.94. The number of anilines is 1. The average Bonchev–Trinajstić information content (AvgIpc) is 2.33. The molecule has 4 heteroatoms. The van der Waals surface area contributed by atoms with E-state index in [1.807, 2.05) is 30.5 Å². The Bertz CT molecular complexity index is 523. The van der Waals surface area contributed by atoms with E-state index in [0.29, 0.717) is 17.2 Å². The van der Waals surface area contributed by atoms with Crippen molar-refractivity contribution in [3.63, 3.8) is 0 Å². The number of benzene rings is 1. The van der Waals surface area contributed by atoms with Crippen LogP contribution in [-0.2, 0) is 0 Å². The molecule has 1 aromatic heterocycles. The molecule has 0 aliphatic heterocycles. The summed E-state index contributed by atoms with van der Waals surface area (Å²) in [7, 11) is 0. The molecule has 1 fully saturated rings. The highest BCUT2D eigenvalue weighted by Gasteiger charge is 2.26. The van der Waals surface area contributed by atoms with E-state index in [-0.39, 0.29) is 0 Å². The zero-order valence-electron chi connectivity index (χ0n) is 9.44. The van der Waals surface area contributed by atoms with Gasteiger partial charge >= 0.3 is 0 Å². The van der Waals surface area contributed by atoms with Gasteiger partial charge in [0.05, 0.1) is 5.52 Å². The Morgan fingerprint density at radius 3 is 2.94 bits per heavy atom. The van der Waals surface area contributed by atoms with Crippen LogP contribution in [0.5, 0.6) is 0 Å². The predicted octanol–water partition coefficient (Wildman–Crippen LogP) is 3.06. The largest absolute Gasteiger partial charge is 0.354 e. The molecular formula is C13H14ClN3. The molecule has 0 spiro atoms. The lowest BCUT2D eigenvalue weighted by Crippen LogP contribution is -2.30. The van der Waals surface area contributed by atoms with E-state index < -0.39 is 0 Å². The fourth-order valence-electron chi connectivity index (χ4n) is 2.11. The summed E-state index contributed by atoms with van der Waals surface area (Å²) in [6, 6.07) is 8.00. The molecule has 0 radical (unpaired) electrons. The van der Waals surface area contributed by atoms with Gasteiger partial charge in [-0.25, -0.2) is 9.97 Å². The lowest BCUT2D eigenvalue weighted by molar-refractivity contribution is 0.341. The predicted molar refractivity (Wildman–Crippen MR) is 70.4 cm³/mol. The van der Waals surface area contributed by atoms with Crippen LogP contribution < -0.4 is 5.32 Å². The molecule has 1 aliphatic carbocycles. The molecule has 0 unspecified atom stereocenters. The summed E-state index contributed by atoms with van der Waals surface area (Å²) < 4.78 is 0. The third kappa shape index (κ3) is 2.34. The number of nitrogens with one attached hydrogen (secondary N) is 1. The van der Waals surface area contributed by atoms with Crippen LogP contribution in [0.3, 0.4) is 0 Å². The van der Waals surface area contributed by atoms with E-state index in [0.717, 1.165) is 30.3 Å². The minimum absolute atomic E-state index is 0.374. The first-order chi connectivity index (χ1) is 8.31. The van der Waals surface area contributed by atoms with Gasteiger partial charge in [-0.1, -0.05) is 18.2 Å². The van der Waals surface area contributed by atoms with Gasteiger partial charge < -0.3 is 5.32 Å². The van der Waals surface area contributed by atoms with E-state index in [9.17, 15) is 0 Å². The van der Waals surface area contributed by atoms with Crippen molar-refractivity contribution in [2.75, 3.05) is 11.9 Å². The van der Waals surface area contributed by atoms with Crippen molar-refractivity contribution < 1.29 is 0 Å². The van der Waals surface area contributed by atoms with Crippen molar-refractivity contribution in [1.29, 1.82) is 0 Å². The standard InChI is InChI=1S/C13H14ClN3/c14-11-5-9(6-11)7-15-13-16-8-10-3-1-2-4-12(10)17-13/h1-4,8-9,11H,5-7H2,(H,15,16,17). The molecule has 88 valence electrons. The fourth-order valence-corrected chi connectivity index (χ4v) is 2.62. The molecule has 1 aromatic carbocycles. The number of nitrogens with zero attached hydrogens (tertiary/aromatic N) is 2. The van der Waals surface area contributed by atoms with Crippen molar-refractivity contribution in [2.24, 2.45) is 5.92 Å². The third-order valence-corrected chi connectivity index (χ3v) is 3.57. The fraction of sp³-hybridized carbons (Fsp3) is 0.385. The molecule has 1 heterocycles. The Labute approximate surface area is 105 Å². The summed E-state index contributed by atoms with van der Waals surface area (Å²) in [4.78, 5) is 8.77. The van der Waals surface area contributed by atoms with E-state index in [2.05, 4.69) is 15.3 Å². The Morgan fingerprint density at radius 1 is 1.29 bits per heavy atom. The molecule has 1 aliphatic rings. The highest BCUT2D eigenvalue weighted by molar-refractivity contribution is 6.21. The number of para-hydroxylation sites is 1. The first-order valence-corrected chi connectivity index (χ1v) is 6.34. The monoisotopic (exact) mass is 247 g/mol. The summed E-state index contributed by atoms with van der Waals surface area (Å²) in [5.74, 6) is 1.38. The van der Waals surface area contributed by atoms with E-state index in [4.69, 9.17) is 11.6 Å². The van der Waals surface area contributed by atoms with Gasteiger partial charge in [0.1, 0.15) is 0 Å². The van der Waals surface area contributed by atoms with Crippen molar-refractivity contribution in [3.8, 4) is 0 Å². The number of aromatic nitrogens is 2. The third-order valence-electron chi connectivity index (χ3n) is 3.22. The second-order valence-electron chi connectivity index (χ2n) is 4.57. The zero-order chi connectivity index (χ0) is 11.7. The molecule has 1 saturated carbocycles. The first-order valence-electron chi connectivity index (χ1n) is 5.91. The number of fused-ring (bicyclic) bond motifs is 1. The van der Waals surface area contributed by atoms with Crippen LogP contribution in [0.4, 0.5) is 5.95 Å². The van der Waals surface area contributed by atoms with Crippen LogP contribution in [0.1, 0.15) is 12.8 Å². The highest BCUT2D eigenvalue weighted by Crippen LogP contribution is 2.31. The number of rotatable bonds is 3. The van der Waals surface area contributed by atoms with Gasteiger partial charge in [-0.2, -0.15) is 0 Å². The Morgan fingerprint density at radius 2 is 2.12 bits per heavy atom. The van der Waals surface area contributed by atoms with Crippen molar-refractivity contribution in [3.05, 3.63) is 30.5 Å². The van der Waals surface area contributed by atoms with E-state index in [1.54, 1.807) is 0 Å². The SMILES string of the molecule is ClC1CC(CNc2ncc3ccccc3n2)C1. The van der Waals surface area contributed by atoms with Gasteiger partial charge in [-0.3, -0.25) is 0 Å². The topological polar surface area (TPSA) is 37.8 Å². The summed E-state index contributed by atoms with van der Waals surface area (Å²) >= 11 is 5.94. The van der Waals surface area contributed by atoms with Crippen LogP contribution in [0.2, 0.25) is 0 Å². The summed E-state index contributed by atoms with van der Waals surface area (Å²) in [5.41, 5.74) is 0.980.